The second-order valence-electron chi connectivity index (χ2n) is 8.84. The van der Waals surface area contributed by atoms with Crippen molar-refractivity contribution in [2.75, 3.05) is 31.1 Å². The van der Waals surface area contributed by atoms with E-state index >= 15 is 0 Å². The van der Waals surface area contributed by atoms with Crippen molar-refractivity contribution in [1.82, 2.24) is 25.1 Å². The Kier molecular flexibility index (Phi) is 4.28. The smallest absolute Gasteiger partial charge is 0.288 e. The first-order valence-corrected chi connectivity index (χ1v) is 9.50. The van der Waals surface area contributed by atoms with Gasteiger partial charge in [0.25, 0.3) is 11.5 Å². The van der Waals surface area contributed by atoms with Gasteiger partial charge in [-0.25, -0.2) is 4.98 Å². The number of carbonyl (C=O) groups is 1. The number of nitrogens with one attached hydrogen (secondary N) is 2. The molecular formula is C19H25FN6O2. The minimum Gasteiger partial charge on any atom is -0.342 e. The molecule has 0 aromatic carbocycles. The molecule has 0 saturated carbocycles. The van der Waals surface area contributed by atoms with Gasteiger partial charge in [-0.05, 0) is 13.0 Å². The maximum absolute atomic E-state index is 13.5. The van der Waals surface area contributed by atoms with Gasteiger partial charge in [0, 0.05) is 49.1 Å². The third-order valence-electron chi connectivity index (χ3n) is 5.69. The molecule has 150 valence electrons. The van der Waals surface area contributed by atoms with Gasteiger partial charge in [-0.2, -0.15) is 9.49 Å². The van der Waals surface area contributed by atoms with E-state index in [1.54, 1.807) is 0 Å². The predicted octanol–water partition coefficient (Wildman–Crippen LogP) is 1.45. The maximum Gasteiger partial charge on any atom is 0.288 e. The predicted molar refractivity (Wildman–Crippen MR) is 102 cm³/mol. The summed E-state index contributed by atoms with van der Waals surface area (Å²) in [6, 6.07) is 1.83. The van der Waals surface area contributed by atoms with E-state index in [2.05, 4.69) is 40.9 Å². The zero-order chi connectivity index (χ0) is 20.2. The number of aromatic nitrogens is 4. The average Bonchev–Trinajstić information content (AvgIpc) is 3.31. The second kappa shape index (κ2) is 6.42. The molecule has 2 saturated heterocycles. The number of aryl methyl sites for hydroxylation is 1. The first-order chi connectivity index (χ1) is 13.1. The zero-order valence-corrected chi connectivity index (χ0v) is 16.5. The van der Waals surface area contributed by atoms with Crippen LogP contribution in [0.1, 0.15) is 42.6 Å². The van der Waals surface area contributed by atoms with Gasteiger partial charge in [-0.3, -0.25) is 19.7 Å². The Hall–Kier alpha value is -2.71. The third-order valence-corrected chi connectivity index (χ3v) is 5.69. The van der Waals surface area contributed by atoms with E-state index in [4.69, 9.17) is 0 Å². The number of likely N-dealkylation sites (tertiary alicyclic amines) is 1. The Bertz CT molecular complexity index is 962. The molecule has 8 nitrogen and oxygen atoms in total. The number of hydrogen-bond donors (Lipinski definition) is 2. The van der Waals surface area contributed by atoms with Crippen LogP contribution in [0.5, 0.6) is 0 Å². The lowest BCUT2D eigenvalue weighted by molar-refractivity contribution is 0.0776. The van der Waals surface area contributed by atoms with Crippen molar-refractivity contribution in [1.29, 1.82) is 0 Å². The highest BCUT2D eigenvalue weighted by molar-refractivity contribution is 5.92. The summed E-state index contributed by atoms with van der Waals surface area (Å²) in [6.45, 7) is 10.3. The van der Waals surface area contributed by atoms with Crippen molar-refractivity contribution >= 4 is 11.9 Å². The summed E-state index contributed by atoms with van der Waals surface area (Å²) in [5.41, 5.74) is 0.639. The lowest BCUT2D eigenvalue weighted by Gasteiger charge is -2.21. The standard InChI is InChI=1S/C19H25FN6O2/c1-10-15(20)16(27)22-18(21-10)26-8-11-6-25(7-12(11)9-26)17(28)13-5-14(24-23-13)19(2,3)4/h5,11-12H,6-9H2,1-4H3,(H,23,24)(H,21,22,27). The number of aromatic amines is 2. The summed E-state index contributed by atoms with van der Waals surface area (Å²) in [4.78, 5) is 35.0. The molecule has 2 atom stereocenters. The Morgan fingerprint density at radius 3 is 2.39 bits per heavy atom. The van der Waals surface area contributed by atoms with Gasteiger partial charge in [0.05, 0.1) is 5.69 Å². The first kappa shape index (κ1) is 18.6. The van der Waals surface area contributed by atoms with Crippen molar-refractivity contribution < 1.29 is 9.18 Å². The van der Waals surface area contributed by atoms with E-state index in [0.29, 0.717) is 49.7 Å². The van der Waals surface area contributed by atoms with Crippen LogP contribution in [0.25, 0.3) is 0 Å². The highest BCUT2D eigenvalue weighted by Gasteiger charge is 2.43. The summed E-state index contributed by atoms with van der Waals surface area (Å²) in [7, 11) is 0. The van der Waals surface area contributed by atoms with Gasteiger partial charge in [0.2, 0.25) is 11.8 Å². The van der Waals surface area contributed by atoms with Crippen LogP contribution in [0.15, 0.2) is 10.9 Å². The molecule has 0 bridgehead atoms. The SMILES string of the molecule is Cc1nc(N2CC3CN(C(=O)c4cc(C(C)(C)C)[nH]n4)CC3C2)[nH]c(=O)c1F. The van der Waals surface area contributed by atoms with Crippen molar-refractivity contribution in [3.63, 3.8) is 0 Å². The number of nitrogens with zero attached hydrogens (tertiary/aromatic N) is 4. The van der Waals surface area contributed by atoms with Crippen LogP contribution in [0, 0.1) is 24.6 Å². The highest BCUT2D eigenvalue weighted by atomic mass is 19.1. The fourth-order valence-corrected chi connectivity index (χ4v) is 4.02. The molecule has 2 aliphatic heterocycles. The van der Waals surface area contributed by atoms with Gasteiger partial charge in [-0.15, -0.1) is 0 Å². The number of carbonyl (C=O) groups excluding carboxylic acids is 1. The van der Waals surface area contributed by atoms with Crippen molar-refractivity contribution in [3.05, 3.63) is 39.3 Å². The second-order valence-corrected chi connectivity index (χ2v) is 8.84. The minimum absolute atomic E-state index is 0.0585. The number of H-pyrrole nitrogens is 2. The van der Waals surface area contributed by atoms with E-state index in [9.17, 15) is 14.0 Å². The number of hydrogen-bond acceptors (Lipinski definition) is 5. The molecule has 0 aliphatic carbocycles. The van der Waals surface area contributed by atoms with Crippen LogP contribution in [0.2, 0.25) is 0 Å². The number of fused-ring (bicyclic) bond motifs is 1. The third kappa shape index (κ3) is 3.18. The van der Waals surface area contributed by atoms with Crippen molar-refractivity contribution in [3.8, 4) is 0 Å². The summed E-state index contributed by atoms with van der Waals surface area (Å²) in [6.07, 6.45) is 0. The van der Waals surface area contributed by atoms with E-state index in [1.165, 1.54) is 6.92 Å². The Morgan fingerprint density at radius 2 is 1.86 bits per heavy atom. The van der Waals surface area contributed by atoms with Crippen LogP contribution >= 0.6 is 0 Å². The molecule has 1 amide bonds. The topological polar surface area (TPSA) is 98.0 Å². The van der Waals surface area contributed by atoms with Gasteiger partial charge < -0.3 is 9.80 Å². The van der Waals surface area contributed by atoms with Crippen LogP contribution in [0.4, 0.5) is 10.3 Å². The summed E-state index contributed by atoms with van der Waals surface area (Å²) in [5.74, 6) is 0.0879. The fraction of sp³-hybridized carbons (Fsp3) is 0.579. The maximum atomic E-state index is 13.5. The molecule has 28 heavy (non-hydrogen) atoms. The van der Waals surface area contributed by atoms with Crippen molar-refractivity contribution in [2.45, 2.75) is 33.1 Å². The highest BCUT2D eigenvalue weighted by Crippen LogP contribution is 2.33. The molecule has 2 aromatic heterocycles. The summed E-state index contributed by atoms with van der Waals surface area (Å²) >= 11 is 0. The molecule has 2 aliphatic rings. The zero-order valence-electron chi connectivity index (χ0n) is 16.5. The molecule has 0 spiro atoms. The molecule has 2 N–H and O–H groups in total. The molecule has 9 heteroatoms. The first-order valence-electron chi connectivity index (χ1n) is 9.50. The van der Waals surface area contributed by atoms with Crippen LogP contribution < -0.4 is 10.5 Å². The molecule has 2 aromatic rings. The normalized spacial score (nSPS) is 22.0. The lowest BCUT2D eigenvalue weighted by atomic mass is 9.92. The van der Waals surface area contributed by atoms with Gasteiger partial charge in [0.1, 0.15) is 5.69 Å². The van der Waals surface area contributed by atoms with E-state index < -0.39 is 11.4 Å². The number of halogens is 1. The van der Waals surface area contributed by atoms with Gasteiger partial charge in [0.15, 0.2) is 0 Å². The minimum atomic E-state index is -0.839. The van der Waals surface area contributed by atoms with Crippen LogP contribution in [-0.4, -0.2) is 57.2 Å². The number of rotatable bonds is 2. The lowest BCUT2D eigenvalue weighted by Crippen LogP contribution is -2.34. The van der Waals surface area contributed by atoms with Gasteiger partial charge in [-0.1, -0.05) is 20.8 Å². The van der Waals surface area contributed by atoms with Crippen LogP contribution in [-0.2, 0) is 5.41 Å². The largest absolute Gasteiger partial charge is 0.342 e. The molecule has 0 radical (unpaired) electrons. The Balaban J connectivity index is 1.43. The summed E-state index contributed by atoms with van der Waals surface area (Å²) in [5, 5.41) is 7.17. The molecule has 2 fully saturated rings. The fourth-order valence-electron chi connectivity index (χ4n) is 4.02. The summed E-state index contributed by atoms with van der Waals surface area (Å²) < 4.78 is 13.5. The van der Waals surface area contributed by atoms with E-state index in [0.717, 1.165) is 5.69 Å². The van der Waals surface area contributed by atoms with E-state index in [1.807, 2.05) is 15.9 Å². The van der Waals surface area contributed by atoms with Gasteiger partial charge >= 0.3 is 0 Å². The quantitative estimate of drug-likeness (QED) is 0.811. The molecular weight excluding hydrogens is 363 g/mol. The number of amides is 1. The average molecular weight is 388 g/mol. The number of anilines is 1. The van der Waals surface area contributed by atoms with E-state index in [-0.39, 0.29) is 17.0 Å². The molecule has 2 unspecified atom stereocenters. The van der Waals surface area contributed by atoms with Crippen LogP contribution in [0.3, 0.4) is 0 Å². The Labute approximate surface area is 162 Å². The molecule has 4 rings (SSSR count). The Morgan fingerprint density at radius 1 is 1.21 bits per heavy atom. The van der Waals surface area contributed by atoms with Crippen molar-refractivity contribution in [2.24, 2.45) is 11.8 Å². The monoisotopic (exact) mass is 388 g/mol. The molecule has 4 heterocycles.